The van der Waals surface area contributed by atoms with E-state index in [1.54, 1.807) is 6.20 Å². The van der Waals surface area contributed by atoms with Gasteiger partial charge < -0.3 is 5.32 Å². The molecule has 0 unspecified atom stereocenters. The van der Waals surface area contributed by atoms with Crippen LogP contribution >= 0.6 is 27.5 Å². The Kier molecular flexibility index (Phi) is 3.29. The highest BCUT2D eigenvalue weighted by Crippen LogP contribution is 2.27. The van der Waals surface area contributed by atoms with Crippen molar-refractivity contribution in [1.82, 2.24) is 4.98 Å². The normalized spacial score (nSPS) is 16.4. The van der Waals surface area contributed by atoms with Crippen LogP contribution in [0.4, 0.5) is 5.69 Å². The highest BCUT2D eigenvalue weighted by atomic mass is 79.9. The predicted octanol–water partition coefficient (Wildman–Crippen LogP) is 3.71. The first-order chi connectivity index (χ1) is 6.75. The van der Waals surface area contributed by atoms with Gasteiger partial charge in [0.15, 0.2) is 0 Å². The highest BCUT2D eigenvalue weighted by Gasteiger charge is 2.16. The predicted molar refractivity (Wildman–Crippen MR) is 62.8 cm³/mol. The second-order valence-electron chi connectivity index (χ2n) is 3.67. The third-order valence-electron chi connectivity index (χ3n) is 2.62. The van der Waals surface area contributed by atoms with Gasteiger partial charge in [-0.1, -0.05) is 18.0 Å². The van der Waals surface area contributed by atoms with Gasteiger partial charge in [0.05, 0.1) is 16.4 Å². The molecule has 2 rings (SSSR count). The Morgan fingerprint density at radius 1 is 1.57 bits per heavy atom. The second kappa shape index (κ2) is 4.49. The summed E-state index contributed by atoms with van der Waals surface area (Å²) < 4.78 is 0.845. The van der Waals surface area contributed by atoms with Crippen LogP contribution < -0.4 is 5.32 Å². The average molecular weight is 276 g/mol. The molecule has 14 heavy (non-hydrogen) atoms. The lowest BCUT2D eigenvalue weighted by Gasteiger charge is -2.25. The van der Waals surface area contributed by atoms with Crippen molar-refractivity contribution in [3.05, 3.63) is 21.9 Å². The lowest BCUT2D eigenvalue weighted by atomic mass is 9.85. The van der Waals surface area contributed by atoms with E-state index in [0.717, 1.165) is 22.6 Å². The molecule has 4 heteroatoms. The molecule has 1 aromatic rings. The fourth-order valence-electron chi connectivity index (χ4n) is 1.48. The largest absolute Gasteiger partial charge is 0.383 e. The van der Waals surface area contributed by atoms with Gasteiger partial charge in [-0.05, 0) is 40.8 Å². The maximum atomic E-state index is 5.80. The molecule has 0 aromatic carbocycles. The van der Waals surface area contributed by atoms with Gasteiger partial charge in [-0.25, -0.2) is 4.98 Å². The van der Waals surface area contributed by atoms with Crippen molar-refractivity contribution >= 4 is 33.2 Å². The summed E-state index contributed by atoms with van der Waals surface area (Å²) in [7, 11) is 0. The maximum absolute atomic E-state index is 5.80. The van der Waals surface area contributed by atoms with Crippen molar-refractivity contribution in [2.75, 3.05) is 11.9 Å². The molecule has 0 atom stereocenters. The van der Waals surface area contributed by atoms with Crippen molar-refractivity contribution in [2.24, 2.45) is 5.92 Å². The van der Waals surface area contributed by atoms with E-state index in [1.807, 2.05) is 6.07 Å². The molecule has 0 aliphatic heterocycles. The number of hydrogen-bond donors (Lipinski definition) is 1. The Balaban J connectivity index is 1.91. The van der Waals surface area contributed by atoms with E-state index in [2.05, 4.69) is 26.2 Å². The number of aromatic nitrogens is 1. The molecule has 1 N–H and O–H groups in total. The average Bonchev–Trinajstić information content (AvgIpc) is 2.08. The number of halogens is 2. The second-order valence-corrected chi connectivity index (χ2v) is 4.89. The van der Waals surface area contributed by atoms with Gasteiger partial charge >= 0.3 is 0 Å². The van der Waals surface area contributed by atoms with Gasteiger partial charge in [-0.15, -0.1) is 0 Å². The highest BCUT2D eigenvalue weighted by molar-refractivity contribution is 9.10. The summed E-state index contributed by atoms with van der Waals surface area (Å²) in [6.45, 7) is 1.05. The topological polar surface area (TPSA) is 24.9 Å². The Morgan fingerprint density at radius 3 is 2.93 bits per heavy atom. The molecule has 0 bridgehead atoms. The zero-order valence-electron chi connectivity index (χ0n) is 7.76. The van der Waals surface area contributed by atoms with E-state index >= 15 is 0 Å². The van der Waals surface area contributed by atoms with Gasteiger partial charge in [0.1, 0.15) is 5.15 Å². The molecule has 1 heterocycles. The molecule has 0 radical (unpaired) electrons. The third kappa shape index (κ3) is 2.39. The Bertz CT molecular complexity index is 326. The number of anilines is 1. The van der Waals surface area contributed by atoms with Crippen LogP contribution in [-0.4, -0.2) is 11.5 Å². The fourth-order valence-corrected chi connectivity index (χ4v) is 1.93. The third-order valence-corrected chi connectivity index (χ3v) is 3.75. The molecule has 0 saturated heterocycles. The number of nitrogens with one attached hydrogen (secondary N) is 1. The van der Waals surface area contributed by atoms with Crippen LogP contribution in [0.2, 0.25) is 5.15 Å². The van der Waals surface area contributed by atoms with E-state index in [9.17, 15) is 0 Å². The van der Waals surface area contributed by atoms with Crippen molar-refractivity contribution in [1.29, 1.82) is 0 Å². The molecule has 1 aromatic heterocycles. The van der Waals surface area contributed by atoms with Crippen molar-refractivity contribution in [3.63, 3.8) is 0 Å². The lowest BCUT2D eigenvalue weighted by Crippen LogP contribution is -2.20. The first-order valence-corrected chi connectivity index (χ1v) is 5.98. The smallest absolute Gasteiger partial charge is 0.143 e. The number of pyridine rings is 1. The van der Waals surface area contributed by atoms with Crippen LogP contribution in [0.15, 0.2) is 16.7 Å². The molecule has 1 aliphatic carbocycles. The van der Waals surface area contributed by atoms with Crippen LogP contribution in [-0.2, 0) is 0 Å². The van der Waals surface area contributed by atoms with Crippen LogP contribution in [0.25, 0.3) is 0 Å². The summed E-state index contributed by atoms with van der Waals surface area (Å²) in [6.07, 6.45) is 5.87. The first kappa shape index (κ1) is 10.2. The minimum absolute atomic E-state index is 0.513. The van der Waals surface area contributed by atoms with E-state index in [0.29, 0.717) is 5.15 Å². The van der Waals surface area contributed by atoms with E-state index in [-0.39, 0.29) is 0 Å². The standard InChI is InChI=1S/C10H12BrClN2/c11-9-4-8(6-14-10(9)12)13-5-7-2-1-3-7/h4,6-7,13H,1-3,5H2. The van der Waals surface area contributed by atoms with Crippen molar-refractivity contribution in [3.8, 4) is 0 Å². The number of hydrogen-bond acceptors (Lipinski definition) is 2. The molecule has 0 amide bonds. The van der Waals surface area contributed by atoms with Gasteiger partial charge in [0, 0.05) is 6.54 Å². The number of nitrogens with zero attached hydrogens (tertiary/aromatic N) is 1. The van der Waals surface area contributed by atoms with Gasteiger partial charge in [-0.2, -0.15) is 0 Å². The molecule has 76 valence electrons. The van der Waals surface area contributed by atoms with Gasteiger partial charge in [-0.3, -0.25) is 0 Å². The van der Waals surface area contributed by atoms with Gasteiger partial charge in [0.25, 0.3) is 0 Å². The van der Waals surface area contributed by atoms with Crippen LogP contribution in [0, 0.1) is 5.92 Å². The lowest BCUT2D eigenvalue weighted by molar-refractivity contribution is 0.333. The monoisotopic (exact) mass is 274 g/mol. The molecular weight excluding hydrogens is 263 g/mol. The van der Waals surface area contributed by atoms with Crippen LogP contribution in [0.3, 0.4) is 0 Å². The van der Waals surface area contributed by atoms with Crippen molar-refractivity contribution in [2.45, 2.75) is 19.3 Å². The van der Waals surface area contributed by atoms with Crippen molar-refractivity contribution < 1.29 is 0 Å². The summed E-state index contributed by atoms with van der Waals surface area (Å²) >= 11 is 9.15. The zero-order valence-corrected chi connectivity index (χ0v) is 10.1. The Hall–Kier alpha value is -0.280. The fraction of sp³-hybridized carbons (Fsp3) is 0.500. The Morgan fingerprint density at radius 2 is 2.36 bits per heavy atom. The summed E-state index contributed by atoms with van der Waals surface area (Å²) in [5.41, 5.74) is 1.04. The molecular formula is C10H12BrClN2. The quantitative estimate of drug-likeness (QED) is 0.851. The molecule has 2 nitrogen and oxygen atoms in total. The van der Waals surface area contributed by atoms with Crippen LogP contribution in [0.5, 0.6) is 0 Å². The molecule has 0 spiro atoms. The SMILES string of the molecule is Clc1ncc(NCC2CCC2)cc1Br. The van der Waals surface area contributed by atoms with E-state index < -0.39 is 0 Å². The summed E-state index contributed by atoms with van der Waals surface area (Å²) in [4.78, 5) is 4.06. The molecule has 1 saturated carbocycles. The minimum atomic E-state index is 0.513. The molecule has 1 fully saturated rings. The molecule has 1 aliphatic rings. The maximum Gasteiger partial charge on any atom is 0.143 e. The summed E-state index contributed by atoms with van der Waals surface area (Å²) in [6, 6.07) is 1.97. The minimum Gasteiger partial charge on any atom is -0.383 e. The number of rotatable bonds is 3. The van der Waals surface area contributed by atoms with E-state index in [4.69, 9.17) is 11.6 Å². The van der Waals surface area contributed by atoms with Crippen LogP contribution in [0.1, 0.15) is 19.3 Å². The first-order valence-electron chi connectivity index (χ1n) is 4.80. The zero-order chi connectivity index (χ0) is 9.97. The Labute approximate surface area is 97.2 Å². The summed E-state index contributed by atoms with van der Waals surface area (Å²) in [5, 5.41) is 3.88. The van der Waals surface area contributed by atoms with Gasteiger partial charge in [0.2, 0.25) is 0 Å². The summed E-state index contributed by atoms with van der Waals surface area (Å²) in [5.74, 6) is 0.851. The van der Waals surface area contributed by atoms with E-state index in [1.165, 1.54) is 19.3 Å².